The van der Waals surface area contributed by atoms with Crippen molar-refractivity contribution in [3.05, 3.63) is 70.5 Å². The molecule has 0 aliphatic heterocycles. The second-order valence-corrected chi connectivity index (χ2v) is 6.64. The Kier molecular flexibility index (Phi) is 6.95. The molecule has 142 valence electrons. The van der Waals surface area contributed by atoms with Gasteiger partial charge in [-0.1, -0.05) is 35.0 Å². The average Bonchev–Trinajstić information content (AvgIpc) is 2.62. The second kappa shape index (κ2) is 9.18. The van der Waals surface area contributed by atoms with Crippen LogP contribution in [0.2, 0.25) is 0 Å². The summed E-state index contributed by atoms with van der Waals surface area (Å²) in [7, 11) is 0. The highest BCUT2D eigenvalue weighted by Crippen LogP contribution is 2.30. The number of carbonyl (C=O) groups excluding carboxylic acids is 1. The van der Waals surface area contributed by atoms with E-state index in [0.29, 0.717) is 5.69 Å². The van der Waals surface area contributed by atoms with Crippen molar-refractivity contribution >= 4 is 33.7 Å². The van der Waals surface area contributed by atoms with E-state index >= 15 is 0 Å². The fourth-order valence-electron chi connectivity index (χ4n) is 2.31. The molecule has 2 atom stereocenters. The Morgan fingerprint density at radius 1 is 1.22 bits per heavy atom. The van der Waals surface area contributed by atoms with Gasteiger partial charge in [0.1, 0.15) is 6.10 Å². The van der Waals surface area contributed by atoms with Gasteiger partial charge in [0, 0.05) is 22.2 Å². The first-order valence-corrected chi connectivity index (χ1v) is 8.68. The molecule has 8 heteroatoms. The lowest BCUT2D eigenvalue weighted by atomic mass is 9.96. The molecule has 0 aliphatic rings. The van der Waals surface area contributed by atoms with E-state index in [1.165, 1.54) is 12.1 Å². The number of rotatable bonds is 6. The molecule has 2 aromatic carbocycles. The van der Waals surface area contributed by atoms with Gasteiger partial charge in [0.2, 0.25) is 0 Å². The van der Waals surface area contributed by atoms with Crippen LogP contribution in [-0.2, 0) is 9.53 Å². The summed E-state index contributed by atoms with van der Waals surface area (Å²) >= 11 is 3.29. The van der Waals surface area contributed by atoms with Crippen LogP contribution in [0.25, 0.3) is 0 Å². The SMILES string of the molecule is C[C@@H](/C=C/C(=O)O)[C@@H](OC(=O)Nc1ccc(Br)cc1)c1ccc(O)c(F)c1. The number of phenolic OH excluding ortho intramolecular Hbond substituents is 1. The number of nitrogens with one attached hydrogen (secondary N) is 1. The number of aliphatic carboxylic acids is 1. The molecule has 27 heavy (non-hydrogen) atoms. The molecule has 0 bridgehead atoms. The van der Waals surface area contributed by atoms with Gasteiger partial charge in [-0.3, -0.25) is 5.32 Å². The molecule has 0 spiro atoms. The maximum atomic E-state index is 13.7. The van der Waals surface area contributed by atoms with E-state index in [-0.39, 0.29) is 5.56 Å². The highest BCUT2D eigenvalue weighted by atomic mass is 79.9. The number of halogens is 2. The first-order chi connectivity index (χ1) is 12.8. The molecular weight excluding hydrogens is 421 g/mol. The van der Waals surface area contributed by atoms with E-state index in [4.69, 9.17) is 9.84 Å². The number of benzene rings is 2. The first kappa shape index (κ1) is 20.4. The van der Waals surface area contributed by atoms with Crippen molar-refractivity contribution in [2.75, 3.05) is 5.32 Å². The molecule has 2 aromatic rings. The summed E-state index contributed by atoms with van der Waals surface area (Å²) in [5.41, 5.74) is 0.770. The minimum Gasteiger partial charge on any atom is -0.505 e. The minimum absolute atomic E-state index is 0.277. The molecule has 0 heterocycles. The van der Waals surface area contributed by atoms with Crippen LogP contribution in [0, 0.1) is 11.7 Å². The Morgan fingerprint density at radius 2 is 1.89 bits per heavy atom. The van der Waals surface area contributed by atoms with Gasteiger partial charge in [-0.25, -0.2) is 14.0 Å². The zero-order valence-electron chi connectivity index (χ0n) is 14.2. The van der Waals surface area contributed by atoms with Crippen molar-refractivity contribution in [3.63, 3.8) is 0 Å². The summed E-state index contributed by atoms with van der Waals surface area (Å²) in [6, 6.07) is 10.4. The van der Waals surface area contributed by atoms with Crippen LogP contribution < -0.4 is 5.32 Å². The van der Waals surface area contributed by atoms with Crippen molar-refractivity contribution < 1.29 is 28.9 Å². The van der Waals surface area contributed by atoms with Gasteiger partial charge in [-0.2, -0.15) is 0 Å². The van der Waals surface area contributed by atoms with Crippen molar-refractivity contribution in [1.82, 2.24) is 0 Å². The summed E-state index contributed by atoms with van der Waals surface area (Å²) in [5, 5.41) is 20.7. The number of phenols is 1. The Morgan fingerprint density at radius 3 is 2.48 bits per heavy atom. The van der Waals surface area contributed by atoms with E-state index in [1.807, 2.05) is 0 Å². The second-order valence-electron chi connectivity index (χ2n) is 5.73. The lowest BCUT2D eigenvalue weighted by Crippen LogP contribution is -2.21. The molecular formula is C19H17BrFNO5. The van der Waals surface area contributed by atoms with Crippen LogP contribution in [0.3, 0.4) is 0 Å². The Labute approximate surface area is 163 Å². The Balaban J connectivity index is 2.22. The molecule has 2 rings (SSSR count). The van der Waals surface area contributed by atoms with Gasteiger partial charge in [0.25, 0.3) is 0 Å². The lowest BCUT2D eigenvalue weighted by molar-refractivity contribution is -0.131. The normalized spacial score (nSPS) is 13.1. The third-order valence-corrected chi connectivity index (χ3v) is 4.17. The largest absolute Gasteiger partial charge is 0.505 e. The highest BCUT2D eigenvalue weighted by Gasteiger charge is 2.23. The number of aromatic hydroxyl groups is 1. The fraction of sp³-hybridized carbons (Fsp3) is 0.158. The topological polar surface area (TPSA) is 95.9 Å². The molecule has 0 aromatic heterocycles. The number of carboxylic acid groups (broad SMARTS) is 1. The molecule has 0 saturated carbocycles. The van der Waals surface area contributed by atoms with Crippen molar-refractivity contribution in [2.45, 2.75) is 13.0 Å². The van der Waals surface area contributed by atoms with E-state index in [9.17, 15) is 19.1 Å². The van der Waals surface area contributed by atoms with Crippen LogP contribution >= 0.6 is 15.9 Å². The predicted molar refractivity (Wildman–Crippen MR) is 101 cm³/mol. The maximum absolute atomic E-state index is 13.7. The number of amides is 1. The molecule has 0 saturated heterocycles. The maximum Gasteiger partial charge on any atom is 0.412 e. The van der Waals surface area contributed by atoms with Gasteiger partial charge >= 0.3 is 12.1 Å². The summed E-state index contributed by atoms with van der Waals surface area (Å²) < 4.78 is 20.0. The van der Waals surface area contributed by atoms with E-state index < -0.39 is 35.7 Å². The van der Waals surface area contributed by atoms with Gasteiger partial charge < -0.3 is 14.9 Å². The summed E-state index contributed by atoms with van der Waals surface area (Å²) in [6.45, 7) is 1.63. The Hall–Kier alpha value is -2.87. The lowest BCUT2D eigenvalue weighted by Gasteiger charge is -2.23. The molecule has 0 radical (unpaired) electrons. The monoisotopic (exact) mass is 437 g/mol. The predicted octanol–water partition coefficient (Wildman–Crippen LogP) is 4.86. The third-order valence-electron chi connectivity index (χ3n) is 3.64. The van der Waals surface area contributed by atoms with Gasteiger partial charge in [-0.15, -0.1) is 0 Å². The zero-order valence-corrected chi connectivity index (χ0v) is 15.8. The van der Waals surface area contributed by atoms with Crippen LogP contribution in [0.4, 0.5) is 14.9 Å². The number of carboxylic acids is 1. The highest BCUT2D eigenvalue weighted by molar-refractivity contribution is 9.10. The molecule has 6 nitrogen and oxygen atoms in total. The van der Waals surface area contributed by atoms with Crippen molar-refractivity contribution in [3.8, 4) is 5.75 Å². The third kappa shape index (κ3) is 6.10. The molecule has 1 amide bonds. The number of carbonyl (C=O) groups is 2. The molecule has 0 unspecified atom stereocenters. The molecule has 0 aliphatic carbocycles. The minimum atomic E-state index is -1.16. The van der Waals surface area contributed by atoms with Crippen LogP contribution in [-0.4, -0.2) is 22.3 Å². The molecule has 3 N–H and O–H groups in total. The van der Waals surface area contributed by atoms with Gasteiger partial charge in [0.05, 0.1) is 0 Å². The smallest absolute Gasteiger partial charge is 0.412 e. The number of anilines is 1. The van der Waals surface area contributed by atoms with E-state index in [2.05, 4.69) is 21.2 Å². The van der Waals surface area contributed by atoms with Gasteiger partial charge in [-0.05, 0) is 42.0 Å². The fourth-order valence-corrected chi connectivity index (χ4v) is 2.57. The van der Waals surface area contributed by atoms with E-state index in [0.717, 1.165) is 22.7 Å². The quantitative estimate of drug-likeness (QED) is 0.560. The standard InChI is InChI=1S/C19H17BrFNO5/c1-11(2-9-17(24)25)18(12-3-8-16(23)15(21)10-12)27-19(26)22-14-6-4-13(20)5-7-14/h2-11,18,23H,1H3,(H,22,26)(H,24,25)/b9-2+/t11-,18+/m0/s1. The van der Waals surface area contributed by atoms with Crippen LogP contribution in [0.1, 0.15) is 18.6 Å². The average molecular weight is 438 g/mol. The summed E-state index contributed by atoms with van der Waals surface area (Å²) in [5.74, 6) is -3.13. The van der Waals surface area contributed by atoms with E-state index in [1.54, 1.807) is 31.2 Å². The number of hydrogen-bond acceptors (Lipinski definition) is 4. The van der Waals surface area contributed by atoms with Crippen molar-refractivity contribution in [2.24, 2.45) is 5.92 Å². The summed E-state index contributed by atoms with van der Waals surface area (Å²) in [4.78, 5) is 23.0. The van der Waals surface area contributed by atoms with Gasteiger partial charge in [0.15, 0.2) is 11.6 Å². The number of ether oxygens (including phenoxy) is 1. The van der Waals surface area contributed by atoms with Crippen LogP contribution in [0.15, 0.2) is 59.1 Å². The molecule has 0 fully saturated rings. The van der Waals surface area contributed by atoms with Crippen LogP contribution in [0.5, 0.6) is 5.75 Å². The Bertz CT molecular complexity index is 854. The van der Waals surface area contributed by atoms with Crippen molar-refractivity contribution in [1.29, 1.82) is 0 Å². The summed E-state index contributed by atoms with van der Waals surface area (Å²) in [6.07, 6.45) is 0.507. The first-order valence-electron chi connectivity index (χ1n) is 7.89. The zero-order chi connectivity index (χ0) is 20.0. The number of hydrogen-bond donors (Lipinski definition) is 3.